The minimum Gasteiger partial charge on any atom is -0.370 e. The fourth-order valence-corrected chi connectivity index (χ4v) is 3.33. The third-order valence-corrected chi connectivity index (χ3v) is 4.35. The van der Waals surface area contributed by atoms with Gasteiger partial charge in [-0.25, -0.2) is 4.99 Å². The van der Waals surface area contributed by atoms with Crippen LogP contribution in [0.4, 0.5) is 0 Å². The van der Waals surface area contributed by atoms with E-state index in [2.05, 4.69) is 32.3 Å². The maximum atomic E-state index is 5.84. The van der Waals surface area contributed by atoms with Crippen LogP contribution in [0.15, 0.2) is 20.9 Å². The number of rotatable bonds is 3. The second kappa shape index (κ2) is 5.68. The molecule has 0 bridgehead atoms. The molecule has 1 aliphatic rings. The molecule has 0 spiro atoms. The Bertz CT molecular complexity index is 369. The summed E-state index contributed by atoms with van der Waals surface area (Å²) in [5, 5.41) is 3.28. The number of thiophene rings is 1. The van der Waals surface area contributed by atoms with E-state index in [0.717, 1.165) is 3.79 Å². The van der Waals surface area contributed by atoms with E-state index in [1.165, 1.54) is 30.6 Å². The lowest BCUT2D eigenvalue weighted by Crippen LogP contribution is -2.38. The summed E-state index contributed by atoms with van der Waals surface area (Å²) in [6, 6.07) is 4.65. The van der Waals surface area contributed by atoms with Crippen molar-refractivity contribution < 1.29 is 0 Å². The Kier molecular flexibility index (Phi) is 4.23. The van der Waals surface area contributed by atoms with Crippen molar-refractivity contribution in [2.45, 2.75) is 38.3 Å². The molecule has 0 aliphatic heterocycles. The molecule has 1 heterocycles. The van der Waals surface area contributed by atoms with Gasteiger partial charge in [0.1, 0.15) is 0 Å². The van der Waals surface area contributed by atoms with Crippen molar-refractivity contribution in [1.82, 2.24) is 5.32 Å². The zero-order valence-electron chi connectivity index (χ0n) is 9.08. The predicted molar refractivity (Wildman–Crippen MR) is 72.7 cm³/mol. The fourth-order valence-electron chi connectivity index (χ4n) is 1.92. The van der Waals surface area contributed by atoms with Gasteiger partial charge in [0.15, 0.2) is 5.96 Å². The standard InChI is InChI=1S/C11H16BrN3S/c12-10-6-5-9(16-10)7-14-11(13)15-8-3-1-2-4-8/h5-6,8H,1-4,7H2,(H3,13,14,15). The van der Waals surface area contributed by atoms with Crippen LogP contribution >= 0.6 is 27.3 Å². The van der Waals surface area contributed by atoms with Crippen LogP contribution in [0.1, 0.15) is 30.6 Å². The van der Waals surface area contributed by atoms with Crippen LogP contribution in [0.25, 0.3) is 0 Å². The van der Waals surface area contributed by atoms with Gasteiger partial charge in [0.05, 0.1) is 10.3 Å². The Labute approximate surface area is 108 Å². The van der Waals surface area contributed by atoms with Crippen LogP contribution in [0.2, 0.25) is 0 Å². The Morgan fingerprint density at radius 3 is 2.88 bits per heavy atom. The monoisotopic (exact) mass is 301 g/mol. The number of halogens is 1. The molecule has 3 nitrogen and oxygen atoms in total. The summed E-state index contributed by atoms with van der Waals surface area (Å²) in [6.45, 7) is 0.668. The van der Waals surface area contributed by atoms with Gasteiger partial charge >= 0.3 is 0 Å². The lowest BCUT2D eigenvalue weighted by atomic mass is 10.2. The number of nitrogens with one attached hydrogen (secondary N) is 1. The number of nitrogens with two attached hydrogens (primary N) is 1. The van der Waals surface area contributed by atoms with Gasteiger partial charge in [-0.1, -0.05) is 12.8 Å². The lowest BCUT2D eigenvalue weighted by molar-refractivity contribution is 0.625. The van der Waals surface area contributed by atoms with Crippen molar-refractivity contribution in [3.8, 4) is 0 Å². The van der Waals surface area contributed by atoms with Gasteiger partial charge in [-0.05, 0) is 40.9 Å². The highest BCUT2D eigenvalue weighted by Gasteiger charge is 2.14. The van der Waals surface area contributed by atoms with E-state index < -0.39 is 0 Å². The van der Waals surface area contributed by atoms with Crippen molar-refractivity contribution in [2.75, 3.05) is 0 Å². The van der Waals surface area contributed by atoms with Crippen LogP contribution in [0, 0.1) is 0 Å². The number of hydrogen-bond acceptors (Lipinski definition) is 2. The SMILES string of the molecule is NC(=NCc1ccc(Br)s1)NC1CCCC1. The molecule has 16 heavy (non-hydrogen) atoms. The molecule has 1 fully saturated rings. The number of guanidine groups is 1. The van der Waals surface area contributed by atoms with E-state index >= 15 is 0 Å². The van der Waals surface area contributed by atoms with Crippen LogP contribution in [-0.4, -0.2) is 12.0 Å². The fraction of sp³-hybridized carbons (Fsp3) is 0.545. The average molecular weight is 302 g/mol. The normalized spacial score (nSPS) is 17.9. The van der Waals surface area contributed by atoms with E-state index in [1.807, 2.05) is 6.07 Å². The average Bonchev–Trinajstić information content (AvgIpc) is 2.87. The Morgan fingerprint density at radius 2 is 2.25 bits per heavy atom. The third-order valence-electron chi connectivity index (χ3n) is 2.74. The topological polar surface area (TPSA) is 50.4 Å². The first kappa shape index (κ1) is 11.9. The molecule has 0 radical (unpaired) electrons. The summed E-state index contributed by atoms with van der Waals surface area (Å²) >= 11 is 5.13. The molecule has 0 atom stereocenters. The van der Waals surface area contributed by atoms with Crippen molar-refractivity contribution in [1.29, 1.82) is 0 Å². The summed E-state index contributed by atoms with van der Waals surface area (Å²) in [5.74, 6) is 0.580. The molecule has 1 aromatic rings. The van der Waals surface area contributed by atoms with Crippen LogP contribution in [0.5, 0.6) is 0 Å². The van der Waals surface area contributed by atoms with Gasteiger partial charge in [0, 0.05) is 10.9 Å². The smallest absolute Gasteiger partial charge is 0.189 e. The molecule has 3 N–H and O–H groups in total. The maximum Gasteiger partial charge on any atom is 0.189 e. The van der Waals surface area contributed by atoms with E-state index in [4.69, 9.17) is 5.73 Å². The van der Waals surface area contributed by atoms with Gasteiger partial charge in [0.2, 0.25) is 0 Å². The predicted octanol–water partition coefficient (Wildman–Crippen LogP) is 2.86. The molecule has 1 saturated carbocycles. The van der Waals surface area contributed by atoms with E-state index in [-0.39, 0.29) is 0 Å². The first-order valence-corrected chi connectivity index (χ1v) is 7.15. The van der Waals surface area contributed by atoms with E-state index in [1.54, 1.807) is 11.3 Å². The van der Waals surface area contributed by atoms with Gasteiger partial charge in [0.25, 0.3) is 0 Å². The second-order valence-electron chi connectivity index (χ2n) is 4.03. The highest BCUT2D eigenvalue weighted by molar-refractivity contribution is 9.11. The molecular formula is C11H16BrN3S. The Morgan fingerprint density at radius 1 is 1.50 bits per heavy atom. The second-order valence-corrected chi connectivity index (χ2v) is 6.58. The van der Waals surface area contributed by atoms with Crippen molar-refractivity contribution in [2.24, 2.45) is 10.7 Å². The molecule has 0 saturated heterocycles. The summed E-state index contributed by atoms with van der Waals surface area (Å²) < 4.78 is 1.14. The van der Waals surface area contributed by atoms with Gasteiger partial charge in [-0.3, -0.25) is 0 Å². The quantitative estimate of drug-likeness (QED) is 0.666. The molecule has 0 unspecified atom stereocenters. The highest BCUT2D eigenvalue weighted by Crippen LogP contribution is 2.22. The van der Waals surface area contributed by atoms with Crippen molar-refractivity contribution >= 4 is 33.2 Å². The molecule has 0 amide bonds. The Balaban J connectivity index is 1.81. The largest absolute Gasteiger partial charge is 0.370 e. The maximum absolute atomic E-state index is 5.84. The molecule has 1 aliphatic carbocycles. The molecule has 2 rings (SSSR count). The zero-order valence-corrected chi connectivity index (χ0v) is 11.5. The van der Waals surface area contributed by atoms with Crippen molar-refractivity contribution in [3.63, 3.8) is 0 Å². The third kappa shape index (κ3) is 3.49. The first-order valence-electron chi connectivity index (χ1n) is 5.55. The molecular weight excluding hydrogens is 286 g/mol. The number of aliphatic imine (C=N–C) groups is 1. The molecule has 1 aromatic heterocycles. The summed E-state index contributed by atoms with van der Waals surface area (Å²) in [4.78, 5) is 5.57. The Hall–Kier alpha value is -0.550. The van der Waals surface area contributed by atoms with Crippen LogP contribution < -0.4 is 11.1 Å². The van der Waals surface area contributed by atoms with Crippen LogP contribution in [-0.2, 0) is 6.54 Å². The molecule has 0 aromatic carbocycles. The minimum absolute atomic E-state index is 0.541. The van der Waals surface area contributed by atoms with Crippen LogP contribution in [0.3, 0.4) is 0 Å². The first-order chi connectivity index (χ1) is 7.74. The van der Waals surface area contributed by atoms with Gasteiger partial charge < -0.3 is 11.1 Å². The highest BCUT2D eigenvalue weighted by atomic mass is 79.9. The minimum atomic E-state index is 0.541. The summed E-state index contributed by atoms with van der Waals surface area (Å²) in [5.41, 5.74) is 5.84. The molecule has 5 heteroatoms. The van der Waals surface area contributed by atoms with Gasteiger partial charge in [-0.15, -0.1) is 11.3 Å². The van der Waals surface area contributed by atoms with E-state index in [9.17, 15) is 0 Å². The summed E-state index contributed by atoms with van der Waals surface area (Å²) in [6.07, 6.45) is 5.06. The lowest BCUT2D eigenvalue weighted by Gasteiger charge is -2.11. The summed E-state index contributed by atoms with van der Waals surface area (Å²) in [7, 11) is 0. The number of nitrogens with zero attached hydrogens (tertiary/aromatic N) is 1. The number of hydrogen-bond donors (Lipinski definition) is 2. The molecule has 88 valence electrons. The zero-order chi connectivity index (χ0) is 11.4. The van der Waals surface area contributed by atoms with E-state index in [0.29, 0.717) is 18.5 Å². The van der Waals surface area contributed by atoms with Gasteiger partial charge in [-0.2, -0.15) is 0 Å². The van der Waals surface area contributed by atoms with Crippen molar-refractivity contribution in [3.05, 3.63) is 20.8 Å².